The molecule has 1 atom stereocenters. The van der Waals surface area contributed by atoms with Gasteiger partial charge in [-0.3, -0.25) is 0 Å². The molecule has 0 aliphatic rings. The molecule has 0 radical (unpaired) electrons. The Morgan fingerprint density at radius 3 is 3.05 bits per heavy atom. The smallest absolute Gasteiger partial charge is 0.236 e. The predicted octanol–water partition coefficient (Wildman–Crippen LogP) is 4.04. The Kier molecular flexibility index (Phi) is 4.07. The number of hydrogen-bond donors (Lipinski definition) is 0. The number of thiophene rings is 1. The number of hydrogen-bond acceptors (Lipinski definition) is 5. The van der Waals surface area contributed by atoms with Gasteiger partial charge in [-0.15, -0.1) is 28.0 Å². The molecule has 1 unspecified atom stereocenters. The van der Waals surface area contributed by atoms with Gasteiger partial charge >= 0.3 is 0 Å². The van der Waals surface area contributed by atoms with Gasteiger partial charge in [0.05, 0.1) is 23.0 Å². The molecule has 0 saturated carbocycles. The molecule has 0 fully saturated rings. The zero-order valence-electron chi connectivity index (χ0n) is 11.8. The summed E-state index contributed by atoms with van der Waals surface area (Å²) < 4.78 is 7.46. The van der Waals surface area contributed by atoms with Gasteiger partial charge in [0.1, 0.15) is 17.1 Å². The monoisotopic (exact) mass is 322 g/mol. The lowest BCUT2D eigenvalue weighted by molar-refractivity contribution is 0.536. The molecule has 3 aromatic rings. The Hall–Kier alpha value is -1.66. The zero-order valence-corrected chi connectivity index (χ0v) is 13.4. The maximum atomic E-state index is 6.16. The number of oxazole rings is 1. The topological polar surface area (TPSA) is 56.7 Å². The highest BCUT2D eigenvalue weighted by atomic mass is 35.5. The minimum atomic E-state index is -0.0983. The second-order valence-electron chi connectivity index (χ2n) is 4.72. The van der Waals surface area contributed by atoms with Gasteiger partial charge in [0.2, 0.25) is 5.89 Å². The molecular weight excluding hydrogens is 308 g/mol. The fourth-order valence-electron chi connectivity index (χ4n) is 1.98. The number of aromatic nitrogens is 4. The third kappa shape index (κ3) is 3.01. The summed E-state index contributed by atoms with van der Waals surface area (Å²) >= 11 is 7.77. The van der Waals surface area contributed by atoms with E-state index in [1.807, 2.05) is 37.6 Å². The zero-order chi connectivity index (χ0) is 14.8. The van der Waals surface area contributed by atoms with Crippen molar-refractivity contribution in [2.75, 3.05) is 0 Å². The van der Waals surface area contributed by atoms with Crippen LogP contribution >= 0.6 is 22.9 Å². The fraction of sp³-hybridized carbons (Fsp3) is 0.357. The Morgan fingerprint density at radius 2 is 2.33 bits per heavy atom. The van der Waals surface area contributed by atoms with E-state index in [9.17, 15) is 0 Å². The van der Waals surface area contributed by atoms with Crippen molar-refractivity contribution in [1.29, 1.82) is 0 Å². The SMILES string of the molecule is CCC(Cl)c1cn(Cc2nc(-c3cccs3)oc2C)nn1. The van der Waals surface area contributed by atoms with Crippen molar-refractivity contribution in [3.05, 3.63) is 40.9 Å². The lowest BCUT2D eigenvalue weighted by atomic mass is 10.3. The first kappa shape index (κ1) is 14.3. The van der Waals surface area contributed by atoms with Crippen molar-refractivity contribution < 1.29 is 4.42 Å². The number of alkyl halides is 1. The van der Waals surface area contributed by atoms with E-state index >= 15 is 0 Å². The summed E-state index contributed by atoms with van der Waals surface area (Å²) in [5, 5.41) is 10.1. The molecule has 0 saturated heterocycles. The number of halogens is 1. The first-order valence-corrected chi connectivity index (χ1v) is 8.03. The molecule has 0 aliphatic heterocycles. The molecule has 0 amide bonds. The fourth-order valence-corrected chi connectivity index (χ4v) is 2.73. The van der Waals surface area contributed by atoms with Crippen LogP contribution in [0, 0.1) is 6.92 Å². The van der Waals surface area contributed by atoms with E-state index < -0.39 is 0 Å². The summed E-state index contributed by atoms with van der Waals surface area (Å²) in [6.07, 6.45) is 2.69. The van der Waals surface area contributed by atoms with Crippen LogP contribution in [0.1, 0.15) is 35.9 Å². The van der Waals surface area contributed by atoms with Crippen LogP contribution in [0.4, 0.5) is 0 Å². The summed E-state index contributed by atoms with van der Waals surface area (Å²) in [6.45, 7) is 4.46. The Bertz CT molecular complexity index is 719. The normalized spacial score (nSPS) is 12.7. The first-order valence-electron chi connectivity index (χ1n) is 6.71. The summed E-state index contributed by atoms with van der Waals surface area (Å²) in [5.41, 5.74) is 1.65. The summed E-state index contributed by atoms with van der Waals surface area (Å²) in [6, 6.07) is 3.97. The summed E-state index contributed by atoms with van der Waals surface area (Å²) in [4.78, 5) is 5.57. The minimum absolute atomic E-state index is 0.0983. The van der Waals surface area contributed by atoms with Crippen LogP contribution in [0.2, 0.25) is 0 Å². The Morgan fingerprint density at radius 1 is 1.48 bits per heavy atom. The number of nitrogens with zero attached hydrogens (tertiary/aromatic N) is 4. The van der Waals surface area contributed by atoms with Crippen molar-refractivity contribution in [2.24, 2.45) is 0 Å². The molecule has 3 heterocycles. The summed E-state index contributed by atoms with van der Waals surface area (Å²) in [7, 11) is 0. The predicted molar refractivity (Wildman–Crippen MR) is 82.6 cm³/mol. The van der Waals surface area contributed by atoms with Crippen molar-refractivity contribution in [2.45, 2.75) is 32.2 Å². The molecule has 7 heteroatoms. The van der Waals surface area contributed by atoms with Gasteiger partial charge in [-0.2, -0.15) is 0 Å². The van der Waals surface area contributed by atoms with Crippen molar-refractivity contribution in [1.82, 2.24) is 20.0 Å². The van der Waals surface area contributed by atoms with Gasteiger partial charge in [-0.05, 0) is 24.8 Å². The molecule has 0 spiro atoms. The van der Waals surface area contributed by atoms with Gasteiger partial charge in [0, 0.05) is 0 Å². The molecule has 0 aliphatic carbocycles. The van der Waals surface area contributed by atoms with E-state index in [0.29, 0.717) is 12.4 Å². The lowest BCUT2D eigenvalue weighted by Crippen LogP contribution is -2.02. The van der Waals surface area contributed by atoms with E-state index in [1.54, 1.807) is 16.0 Å². The van der Waals surface area contributed by atoms with Crippen molar-refractivity contribution >= 4 is 22.9 Å². The van der Waals surface area contributed by atoms with E-state index in [-0.39, 0.29) is 5.38 Å². The van der Waals surface area contributed by atoms with E-state index in [2.05, 4.69) is 15.3 Å². The highest BCUT2D eigenvalue weighted by molar-refractivity contribution is 7.13. The molecule has 3 rings (SSSR count). The molecule has 0 aromatic carbocycles. The van der Waals surface area contributed by atoms with Gasteiger partial charge in [-0.25, -0.2) is 9.67 Å². The average Bonchev–Trinajstić information content (AvgIpc) is 3.20. The average molecular weight is 323 g/mol. The Labute approximate surface area is 131 Å². The van der Waals surface area contributed by atoms with Crippen molar-refractivity contribution in [3.63, 3.8) is 0 Å². The molecule has 0 bridgehead atoms. The van der Waals surface area contributed by atoms with Crippen LogP contribution in [-0.4, -0.2) is 20.0 Å². The molecule has 5 nitrogen and oxygen atoms in total. The lowest BCUT2D eigenvalue weighted by Gasteiger charge is -1.99. The van der Waals surface area contributed by atoms with Crippen LogP contribution in [-0.2, 0) is 6.54 Å². The molecule has 0 N–H and O–H groups in total. The third-order valence-electron chi connectivity index (χ3n) is 3.17. The van der Waals surface area contributed by atoms with E-state index in [1.165, 1.54) is 0 Å². The van der Waals surface area contributed by atoms with Crippen LogP contribution in [0.25, 0.3) is 10.8 Å². The highest BCUT2D eigenvalue weighted by Crippen LogP contribution is 2.26. The molecular formula is C14H15ClN4OS. The minimum Gasteiger partial charge on any atom is -0.440 e. The third-order valence-corrected chi connectivity index (χ3v) is 4.56. The van der Waals surface area contributed by atoms with Crippen LogP contribution < -0.4 is 0 Å². The summed E-state index contributed by atoms with van der Waals surface area (Å²) in [5.74, 6) is 1.45. The highest BCUT2D eigenvalue weighted by Gasteiger charge is 2.15. The van der Waals surface area contributed by atoms with Gasteiger partial charge in [-0.1, -0.05) is 18.2 Å². The maximum absolute atomic E-state index is 6.16. The quantitative estimate of drug-likeness (QED) is 0.665. The van der Waals surface area contributed by atoms with Crippen LogP contribution in [0.3, 0.4) is 0 Å². The Balaban J connectivity index is 1.80. The maximum Gasteiger partial charge on any atom is 0.236 e. The van der Waals surface area contributed by atoms with E-state index in [4.69, 9.17) is 16.0 Å². The number of aryl methyl sites for hydroxylation is 1. The second-order valence-corrected chi connectivity index (χ2v) is 6.19. The van der Waals surface area contributed by atoms with Crippen LogP contribution in [0.5, 0.6) is 0 Å². The second kappa shape index (κ2) is 5.99. The van der Waals surface area contributed by atoms with Gasteiger partial charge in [0.15, 0.2) is 0 Å². The number of rotatable bonds is 5. The molecule has 110 valence electrons. The standard InChI is InChI=1S/C14H15ClN4OS/c1-3-10(15)12-8-19(18-17-12)7-11-9(2)20-14(16-11)13-5-4-6-21-13/h4-6,8,10H,3,7H2,1-2H3. The first-order chi connectivity index (χ1) is 10.2. The molecule has 21 heavy (non-hydrogen) atoms. The van der Waals surface area contributed by atoms with Crippen molar-refractivity contribution in [3.8, 4) is 10.8 Å². The van der Waals surface area contributed by atoms with E-state index in [0.717, 1.165) is 28.4 Å². The van der Waals surface area contributed by atoms with Crippen LogP contribution in [0.15, 0.2) is 28.1 Å². The molecule has 3 aromatic heterocycles. The van der Waals surface area contributed by atoms with Gasteiger partial charge in [0.25, 0.3) is 0 Å². The van der Waals surface area contributed by atoms with Gasteiger partial charge < -0.3 is 4.42 Å². The largest absolute Gasteiger partial charge is 0.440 e.